The highest BCUT2D eigenvalue weighted by molar-refractivity contribution is 6.44. The molecular weight excluding hydrogens is 302 g/mol. The lowest BCUT2D eigenvalue weighted by Crippen LogP contribution is -2.24. The number of carbonyl (C=O) groups is 2. The molecule has 0 bridgehead atoms. The minimum Gasteiger partial charge on any atom is -0.471 e. The molecule has 0 saturated heterocycles. The Balaban J connectivity index is 2.80. The summed E-state index contributed by atoms with van der Waals surface area (Å²) in [6.45, 7) is 4.97. The van der Waals surface area contributed by atoms with Crippen LogP contribution in [0, 0.1) is 13.8 Å². The van der Waals surface area contributed by atoms with Crippen LogP contribution >= 0.6 is 0 Å². The molecule has 0 aliphatic heterocycles. The summed E-state index contributed by atoms with van der Waals surface area (Å²) in [5, 5.41) is 18.0. The van der Waals surface area contributed by atoms with Crippen LogP contribution in [0.25, 0.3) is 5.52 Å². The summed E-state index contributed by atoms with van der Waals surface area (Å²) in [4.78, 5) is 27.8. The fourth-order valence-electron chi connectivity index (χ4n) is 2.63. The third kappa shape index (κ3) is 3.03. The molecule has 124 valence electrons. The Morgan fingerprint density at radius 2 is 2.04 bits per heavy atom. The molecule has 0 radical (unpaired) electrons. The van der Waals surface area contributed by atoms with Crippen molar-refractivity contribution in [3.63, 3.8) is 0 Å². The molecule has 0 fully saturated rings. The molecule has 0 aliphatic rings. The van der Waals surface area contributed by atoms with Crippen LogP contribution in [0.2, 0.25) is 0 Å². The molecule has 4 N–H and O–H groups in total. The molecule has 0 saturated carbocycles. The molecule has 1 amide bonds. The fraction of sp³-hybridized carbons (Fsp3) is 0.400. The van der Waals surface area contributed by atoms with E-state index in [1.165, 1.54) is 0 Å². The number of primary amides is 1. The zero-order valence-electron chi connectivity index (χ0n) is 13.2. The topological polar surface area (TPSA) is 127 Å². The minimum absolute atomic E-state index is 0.0468. The van der Waals surface area contributed by atoms with Gasteiger partial charge in [-0.1, -0.05) is 6.92 Å². The molecule has 2 aromatic rings. The summed E-state index contributed by atoms with van der Waals surface area (Å²) in [5.74, 6) is -1.86. The Kier molecular flexibility index (Phi) is 4.67. The predicted molar refractivity (Wildman–Crippen MR) is 81.3 cm³/mol. The Morgan fingerprint density at radius 1 is 1.39 bits per heavy atom. The molecule has 2 heterocycles. The van der Waals surface area contributed by atoms with E-state index in [1.807, 2.05) is 6.92 Å². The van der Waals surface area contributed by atoms with Crippen molar-refractivity contribution in [2.75, 3.05) is 6.61 Å². The monoisotopic (exact) mass is 321 g/mol. The maximum Gasteiger partial charge on any atom is 0.289 e. The van der Waals surface area contributed by atoms with E-state index in [0.29, 0.717) is 23.2 Å². The SMILES string of the molecule is CCc1c(C)c(C(=O)C(N)=O)c2c(OCC(O)O)nc(C)cn12. The second kappa shape index (κ2) is 6.35. The molecular formula is C15H19N3O5. The van der Waals surface area contributed by atoms with Crippen LogP contribution in [-0.4, -0.2) is 44.2 Å². The van der Waals surface area contributed by atoms with Crippen molar-refractivity contribution >= 4 is 17.2 Å². The largest absolute Gasteiger partial charge is 0.471 e. The van der Waals surface area contributed by atoms with E-state index in [1.54, 1.807) is 24.4 Å². The van der Waals surface area contributed by atoms with Gasteiger partial charge in [-0.25, -0.2) is 4.98 Å². The van der Waals surface area contributed by atoms with E-state index >= 15 is 0 Å². The standard InChI is InChI=1S/C15H19N3O5/c1-4-9-8(3)11(13(21)14(16)22)12-15(23-6-10(19)20)17-7(2)5-18(9)12/h5,10,19-20H,4,6H2,1-3H3,(H2,16,22). The minimum atomic E-state index is -1.69. The van der Waals surface area contributed by atoms with Gasteiger partial charge in [0.25, 0.3) is 11.7 Å². The number of nitrogens with zero attached hydrogens (tertiary/aromatic N) is 2. The second-order valence-electron chi connectivity index (χ2n) is 5.19. The van der Waals surface area contributed by atoms with Crippen LogP contribution in [-0.2, 0) is 11.2 Å². The highest BCUT2D eigenvalue weighted by atomic mass is 16.5. The Hall–Kier alpha value is -2.45. The number of hydrogen-bond acceptors (Lipinski definition) is 6. The van der Waals surface area contributed by atoms with Crippen molar-refractivity contribution in [3.8, 4) is 5.88 Å². The Bertz CT molecular complexity index is 779. The van der Waals surface area contributed by atoms with E-state index < -0.39 is 24.6 Å². The van der Waals surface area contributed by atoms with Crippen LogP contribution in [0.5, 0.6) is 5.88 Å². The van der Waals surface area contributed by atoms with Crippen molar-refractivity contribution in [1.82, 2.24) is 9.38 Å². The summed E-state index contributed by atoms with van der Waals surface area (Å²) in [6, 6.07) is 0. The molecule has 2 aromatic heterocycles. The molecule has 0 spiro atoms. The smallest absolute Gasteiger partial charge is 0.289 e. The number of ketones is 1. The quantitative estimate of drug-likeness (QED) is 0.386. The van der Waals surface area contributed by atoms with Gasteiger partial charge in [0, 0.05) is 11.9 Å². The Labute approximate surface area is 132 Å². The third-order valence-electron chi connectivity index (χ3n) is 3.53. The van der Waals surface area contributed by atoms with Crippen LogP contribution in [0.1, 0.15) is 34.2 Å². The number of fused-ring (bicyclic) bond motifs is 1. The van der Waals surface area contributed by atoms with E-state index in [4.69, 9.17) is 20.7 Å². The van der Waals surface area contributed by atoms with Crippen molar-refractivity contribution in [1.29, 1.82) is 0 Å². The molecule has 0 atom stereocenters. The third-order valence-corrected chi connectivity index (χ3v) is 3.53. The van der Waals surface area contributed by atoms with Gasteiger partial charge in [0.2, 0.25) is 5.88 Å². The fourth-order valence-corrected chi connectivity index (χ4v) is 2.63. The number of carbonyl (C=O) groups excluding carboxylic acids is 2. The van der Waals surface area contributed by atoms with Crippen molar-refractivity contribution in [2.45, 2.75) is 33.5 Å². The number of aromatic nitrogens is 2. The number of hydrogen-bond donors (Lipinski definition) is 3. The first-order valence-electron chi connectivity index (χ1n) is 7.12. The Morgan fingerprint density at radius 3 is 2.57 bits per heavy atom. The first kappa shape index (κ1) is 16.9. The van der Waals surface area contributed by atoms with Gasteiger partial charge in [-0.15, -0.1) is 0 Å². The summed E-state index contributed by atoms with van der Waals surface area (Å²) < 4.78 is 7.04. The number of aryl methyl sites for hydroxylation is 2. The average Bonchev–Trinajstić information content (AvgIpc) is 2.75. The number of ether oxygens (including phenoxy) is 1. The molecule has 2 rings (SSSR count). The summed E-state index contributed by atoms with van der Waals surface area (Å²) in [6.07, 6.45) is 0.653. The lowest BCUT2D eigenvalue weighted by Gasteiger charge is -2.11. The van der Waals surface area contributed by atoms with E-state index in [2.05, 4.69) is 4.98 Å². The van der Waals surface area contributed by atoms with Crippen LogP contribution in [0.15, 0.2) is 6.20 Å². The number of amides is 1. The number of aliphatic hydroxyl groups is 2. The lowest BCUT2D eigenvalue weighted by molar-refractivity contribution is -0.114. The van der Waals surface area contributed by atoms with E-state index in [9.17, 15) is 9.59 Å². The number of rotatable bonds is 6. The van der Waals surface area contributed by atoms with E-state index in [-0.39, 0.29) is 11.4 Å². The van der Waals surface area contributed by atoms with Gasteiger partial charge in [0.1, 0.15) is 12.1 Å². The van der Waals surface area contributed by atoms with Gasteiger partial charge in [0.05, 0.1) is 11.3 Å². The van der Waals surface area contributed by atoms with Crippen molar-refractivity contribution < 1.29 is 24.5 Å². The molecule has 0 aromatic carbocycles. The van der Waals surface area contributed by atoms with E-state index in [0.717, 1.165) is 5.69 Å². The molecule has 0 aliphatic carbocycles. The van der Waals surface area contributed by atoms with Crippen LogP contribution < -0.4 is 10.5 Å². The van der Waals surface area contributed by atoms with Crippen LogP contribution in [0.3, 0.4) is 0 Å². The maximum atomic E-state index is 12.2. The molecule has 8 heteroatoms. The summed E-state index contributed by atoms with van der Waals surface area (Å²) in [7, 11) is 0. The average molecular weight is 321 g/mol. The first-order valence-corrected chi connectivity index (χ1v) is 7.12. The molecule has 8 nitrogen and oxygen atoms in total. The highest BCUT2D eigenvalue weighted by Crippen LogP contribution is 2.30. The van der Waals surface area contributed by atoms with Crippen molar-refractivity contribution in [3.05, 3.63) is 28.7 Å². The van der Waals surface area contributed by atoms with Gasteiger partial charge < -0.3 is 25.1 Å². The molecule has 0 unspecified atom stereocenters. The number of nitrogens with two attached hydrogens (primary N) is 1. The predicted octanol–water partition coefficient (Wildman–Crippen LogP) is -0.129. The van der Waals surface area contributed by atoms with Gasteiger partial charge in [0.15, 0.2) is 6.29 Å². The highest BCUT2D eigenvalue weighted by Gasteiger charge is 2.27. The van der Waals surface area contributed by atoms with Gasteiger partial charge in [-0.05, 0) is 25.8 Å². The van der Waals surface area contributed by atoms with Gasteiger partial charge in [-0.2, -0.15) is 0 Å². The number of Topliss-reactive ketones (excluding diaryl/α,β-unsaturated/α-hetero) is 1. The first-order chi connectivity index (χ1) is 10.8. The maximum absolute atomic E-state index is 12.2. The molecule has 23 heavy (non-hydrogen) atoms. The van der Waals surface area contributed by atoms with Gasteiger partial charge >= 0.3 is 0 Å². The summed E-state index contributed by atoms with van der Waals surface area (Å²) >= 11 is 0. The van der Waals surface area contributed by atoms with Crippen molar-refractivity contribution in [2.24, 2.45) is 5.73 Å². The zero-order chi connectivity index (χ0) is 17.3. The second-order valence-corrected chi connectivity index (χ2v) is 5.19. The van der Waals surface area contributed by atoms with Crippen LogP contribution in [0.4, 0.5) is 0 Å². The zero-order valence-corrected chi connectivity index (χ0v) is 13.2. The summed E-state index contributed by atoms with van der Waals surface area (Å²) in [5.41, 5.74) is 7.63. The normalized spacial score (nSPS) is 11.2. The number of aliphatic hydroxyl groups excluding tert-OH is 1. The van der Waals surface area contributed by atoms with Gasteiger partial charge in [-0.3, -0.25) is 9.59 Å². The lowest BCUT2D eigenvalue weighted by atomic mass is 10.1.